The number of nitrogens with one attached hydrogen (secondary N) is 1. The van der Waals surface area contributed by atoms with Crippen molar-refractivity contribution >= 4 is 22.4 Å². The van der Waals surface area contributed by atoms with E-state index in [0.717, 1.165) is 30.0 Å². The molecule has 1 N–H and O–H groups in total. The molecule has 0 radical (unpaired) electrons. The van der Waals surface area contributed by atoms with Crippen molar-refractivity contribution in [2.75, 3.05) is 5.32 Å². The molecule has 0 fully saturated rings. The zero-order chi connectivity index (χ0) is 17.9. The van der Waals surface area contributed by atoms with Gasteiger partial charge in [-0.2, -0.15) is 5.10 Å². The third-order valence-electron chi connectivity index (χ3n) is 4.87. The van der Waals surface area contributed by atoms with Crippen LogP contribution in [0.2, 0.25) is 0 Å². The summed E-state index contributed by atoms with van der Waals surface area (Å²) in [5, 5.41) is 7.75. The van der Waals surface area contributed by atoms with Crippen LogP contribution in [0.15, 0.2) is 36.9 Å². The molecule has 4 rings (SSSR count). The molecule has 26 heavy (non-hydrogen) atoms. The number of hydrogen-bond donors (Lipinski definition) is 1. The van der Waals surface area contributed by atoms with E-state index in [4.69, 9.17) is 0 Å². The van der Waals surface area contributed by atoms with Crippen LogP contribution < -0.4 is 5.32 Å². The Morgan fingerprint density at radius 1 is 1.35 bits per heavy atom. The van der Waals surface area contributed by atoms with Crippen LogP contribution in [0.25, 0.3) is 0 Å². The first-order valence-corrected chi connectivity index (χ1v) is 9.74. The van der Waals surface area contributed by atoms with Crippen LogP contribution in [0.4, 0.5) is 5.13 Å². The van der Waals surface area contributed by atoms with Crippen LogP contribution in [0.5, 0.6) is 0 Å². The van der Waals surface area contributed by atoms with Crippen molar-refractivity contribution in [2.45, 2.75) is 39.2 Å². The molecule has 0 aliphatic heterocycles. The standard InChI is InChI=1S/C19H21N5OS/c1-2-13-5-8-16-17(9-13)26-19(22-16)23-18(25)15-6-3-14(4-7-15)10-24-12-20-11-21-24/h3-4,6-7,11-13H,2,5,8-10H2,1H3,(H,22,23,25)/t13-/m1/s1. The molecule has 1 aromatic carbocycles. The van der Waals surface area contributed by atoms with Gasteiger partial charge >= 0.3 is 0 Å². The molecule has 134 valence electrons. The number of aromatic nitrogens is 4. The van der Waals surface area contributed by atoms with Crippen molar-refractivity contribution < 1.29 is 4.79 Å². The van der Waals surface area contributed by atoms with E-state index in [1.807, 2.05) is 24.3 Å². The maximum atomic E-state index is 12.5. The Morgan fingerprint density at radius 2 is 2.19 bits per heavy atom. The highest BCUT2D eigenvalue weighted by Crippen LogP contribution is 2.33. The maximum absolute atomic E-state index is 12.5. The Hall–Kier alpha value is -2.54. The van der Waals surface area contributed by atoms with E-state index in [1.54, 1.807) is 22.3 Å². The summed E-state index contributed by atoms with van der Waals surface area (Å²) < 4.78 is 1.75. The Labute approximate surface area is 156 Å². The summed E-state index contributed by atoms with van der Waals surface area (Å²) >= 11 is 1.62. The van der Waals surface area contributed by atoms with Gasteiger partial charge in [-0.15, -0.1) is 11.3 Å². The molecule has 1 amide bonds. The molecule has 0 unspecified atom stereocenters. The van der Waals surface area contributed by atoms with E-state index in [1.165, 1.54) is 24.0 Å². The molecule has 1 aliphatic carbocycles. The highest BCUT2D eigenvalue weighted by atomic mass is 32.1. The SMILES string of the molecule is CC[C@@H]1CCc2nc(NC(=O)c3ccc(Cn4cncn4)cc3)sc2C1. The number of amides is 1. The second kappa shape index (κ2) is 7.37. The van der Waals surface area contributed by atoms with Gasteiger partial charge in [0.15, 0.2) is 5.13 Å². The zero-order valence-electron chi connectivity index (χ0n) is 14.7. The second-order valence-corrected chi connectivity index (χ2v) is 7.73. The molecular weight excluding hydrogens is 346 g/mol. The van der Waals surface area contributed by atoms with Gasteiger partial charge in [-0.1, -0.05) is 25.5 Å². The monoisotopic (exact) mass is 367 g/mol. The molecule has 0 saturated carbocycles. The number of hydrogen-bond acceptors (Lipinski definition) is 5. The first kappa shape index (κ1) is 16.9. The van der Waals surface area contributed by atoms with E-state index in [9.17, 15) is 4.79 Å². The van der Waals surface area contributed by atoms with Crippen LogP contribution in [0, 0.1) is 5.92 Å². The van der Waals surface area contributed by atoms with Crippen LogP contribution in [0.1, 0.15) is 46.3 Å². The number of thiazole rings is 1. The molecule has 6 nitrogen and oxygen atoms in total. The number of fused-ring (bicyclic) bond motifs is 1. The van der Waals surface area contributed by atoms with E-state index in [0.29, 0.717) is 17.2 Å². The van der Waals surface area contributed by atoms with E-state index < -0.39 is 0 Å². The van der Waals surface area contributed by atoms with Gasteiger partial charge in [0.1, 0.15) is 12.7 Å². The number of carbonyl (C=O) groups is 1. The van der Waals surface area contributed by atoms with E-state index in [2.05, 4.69) is 27.3 Å². The van der Waals surface area contributed by atoms with Crippen molar-refractivity contribution in [3.63, 3.8) is 0 Å². The fourth-order valence-corrected chi connectivity index (χ4v) is 4.39. The van der Waals surface area contributed by atoms with Crippen molar-refractivity contribution in [1.29, 1.82) is 0 Å². The third-order valence-corrected chi connectivity index (χ3v) is 5.90. The van der Waals surface area contributed by atoms with Gasteiger partial charge in [-0.25, -0.2) is 14.6 Å². The molecule has 2 aromatic heterocycles. The molecule has 1 aliphatic rings. The Kier molecular flexibility index (Phi) is 4.79. The second-order valence-electron chi connectivity index (χ2n) is 6.65. The number of anilines is 1. The molecule has 2 heterocycles. The van der Waals surface area contributed by atoms with Crippen molar-refractivity contribution in [3.05, 3.63) is 58.6 Å². The summed E-state index contributed by atoms with van der Waals surface area (Å²) in [5.41, 5.74) is 2.87. The highest BCUT2D eigenvalue weighted by Gasteiger charge is 2.22. The van der Waals surface area contributed by atoms with Gasteiger partial charge in [-0.05, 0) is 42.9 Å². The Bertz CT molecular complexity index is 885. The molecule has 3 aromatic rings. The number of aryl methyl sites for hydroxylation is 1. The first-order valence-electron chi connectivity index (χ1n) is 8.92. The van der Waals surface area contributed by atoms with Gasteiger partial charge in [0, 0.05) is 10.4 Å². The molecule has 0 saturated heterocycles. The van der Waals surface area contributed by atoms with Crippen molar-refractivity contribution in [3.8, 4) is 0 Å². The van der Waals surface area contributed by atoms with Crippen molar-refractivity contribution in [1.82, 2.24) is 19.7 Å². The average Bonchev–Trinajstić information content (AvgIpc) is 3.30. The minimum atomic E-state index is -0.115. The van der Waals surface area contributed by atoms with Crippen LogP contribution in [-0.4, -0.2) is 25.7 Å². The lowest BCUT2D eigenvalue weighted by Gasteiger charge is -2.18. The number of nitrogens with zero attached hydrogens (tertiary/aromatic N) is 4. The lowest BCUT2D eigenvalue weighted by Crippen LogP contribution is -2.12. The number of carbonyl (C=O) groups excluding carboxylic acids is 1. The van der Waals surface area contributed by atoms with Gasteiger partial charge in [0.2, 0.25) is 0 Å². The molecule has 7 heteroatoms. The molecular formula is C19H21N5OS. The Morgan fingerprint density at radius 3 is 2.92 bits per heavy atom. The van der Waals surface area contributed by atoms with Gasteiger partial charge in [-0.3, -0.25) is 10.1 Å². The van der Waals surface area contributed by atoms with Crippen LogP contribution in [-0.2, 0) is 19.4 Å². The quantitative estimate of drug-likeness (QED) is 0.748. The van der Waals surface area contributed by atoms with Crippen molar-refractivity contribution in [2.24, 2.45) is 5.92 Å². The van der Waals surface area contributed by atoms with Crippen LogP contribution >= 0.6 is 11.3 Å². The smallest absolute Gasteiger partial charge is 0.257 e. The van der Waals surface area contributed by atoms with Gasteiger partial charge in [0.05, 0.1) is 12.2 Å². The summed E-state index contributed by atoms with van der Waals surface area (Å²) in [4.78, 5) is 22.4. The summed E-state index contributed by atoms with van der Waals surface area (Å²) in [6.45, 7) is 2.88. The summed E-state index contributed by atoms with van der Waals surface area (Å²) in [6, 6.07) is 7.55. The maximum Gasteiger partial charge on any atom is 0.257 e. The molecule has 0 spiro atoms. The Balaban J connectivity index is 1.41. The summed E-state index contributed by atoms with van der Waals surface area (Å²) in [5.74, 6) is 0.638. The van der Waals surface area contributed by atoms with E-state index >= 15 is 0 Å². The fourth-order valence-electron chi connectivity index (χ4n) is 3.28. The number of benzene rings is 1. The largest absolute Gasteiger partial charge is 0.298 e. The van der Waals surface area contributed by atoms with Gasteiger partial charge in [0.25, 0.3) is 5.91 Å². The third kappa shape index (κ3) is 3.67. The lowest BCUT2D eigenvalue weighted by molar-refractivity contribution is 0.102. The average molecular weight is 367 g/mol. The number of rotatable bonds is 5. The molecule has 1 atom stereocenters. The molecule has 0 bridgehead atoms. The minimum Gasteiger partial charge on any atom is -0.298 e. The van der Waals surface area contributed by atoms with Gasteiger partial charge < -0.3 is 0 Å². The fraction of sp³-hybridized carbons (Fsp3) is 0.368. The lowest BCUT2D eigenvalue weighted by atomic mass is 9.89. The topological polar surface area (TPSA) is 72.7 Å². The summed E-state index contributed by atoms with van der Waals surface area (Å²) in [6.07, 6.45) is 7.72. The predicted octanol–water partition coefficient (Wildman–Crippen LogP) is 3.55. The first-order chi connectivity index (χ1) is 12.7. The zero-order valence-corrected chi connectivity index (χ0v) is 15.5. The normalized spacial score (nSPS) is 16.3. The van der Waals surface area contributed by atoms with E-state index in [-0.39, 0.29) is 5.91 Å². The highest BCUT2D eigenvalue weighted by molar-refractivity contribution is 7.15. The summed E-state index contributed by atoms with van der Waals surface area (Å²) in [7, 11) is 0. The van der Waals surface area contributed by atoms with Crippen LogP contribution in [0.3, 0.4) is 0 Å². The minimum absolute atomic E-state index is 0.115. The predicted molar refractivity (Wildman–Crippen MR) is 101 cm³/mol.